The minimum absolute atomic E-state index is 0.108. The van der Waals surface area contributed by atoms with Crippen molar-refractivity contribution in [2.45, 2.75) is 39.4 Å². The third kappa shape index (κ3) is 4.36. The lowest BCUT2D eigenvalue weighted by Crippen LogP contribution is -2.29. The third-order valence-electron chi connectivity index (χ3n) is 2.42. The van der Waals surface area contributed by atoms with Crippen LogP contribution in [0.3, 0.4) is 0 Å². The molecule has 0 radical (unpaired) electrons. The van der Waals surface area contributed by atoms with Crippen LogP contribution in [0.2, 0.25) is 5.02 Å². The maximum absolute atomic E-state index is 11.1. The van der Waals surface area contributed by atoms with E-state index in [1.54, 1.807) is 6.07 Å². The molecule has 94 valence electrons. The maximum atomic E-state index is 11.1. The van der Waals surface area contributed by atoms with E-state index < -0.39 is 12.1 Å². The summed E-state index contributed by atoms with van der Waals surface area (Å²) in [6.07, 6.45) is -0.560. The first-order valence-corrected chi connectivity index (χ1v) is 5.91. The van der Waals surface area contributed by atoms with Crippen LogP contribution in [0.4, 0.5) is 0 Å². The second kappa shape index (κ2) is 6.03. The molecule has 0 aliphatic carbocycles. The Bertz CT molecular complexity index is 402. The molecule has 0 aromatic heterocycles. The molecule has 0 saturated heterocycles. The van der Waals surface area contributed by atoms with Crippen LogP contribution in [0, 0.1) is 6.92 Å². The molecule has 0 unspecified atom stereocenters. The summed E-state index contributed by atoms with van der Waals surface area (Å²) in [5.41, 5.74) is 1.93. The zero-order valence-electron chi connectivity index (χ0n) is 10.2. The number of carboxylic acid groups (broad SMARTS) is 1. The van der Waals surface area contributed by atoms with Crippen LogP contribution >= 0.6 is 11.6 Å². The Morgan fingerprint density at radius 1 is 1.47 bits per heavy atom. The third-order valence-corrected chi connectivity index (χ3v) is 2.66. The van der Waals surface area contributed by atoms with E-state index >= 15 is 0 Å². The van der Waals surface area contributed by atoms with Crippen molar-refractivity contribution in [2.75, 3.05) is 0 Å². The topological polar surface area (TPSA) is 46.5 Å². The van der Waals surface area contributed by atoms with Gasteiger partial charge in [0.15, 0.2) is 6.10 Å². The number of aliphatic carboxylic acids is 1. The number of aryl methyl sites for hydroxylation is 1. The van der Waals surface area contributed by atoms with Crippen LogP contribution < -0.4 is 0 Å². The van der Waals surface area contributed by atoms with Gasteiger partial charge in [0.05, 0.1) is 6.10 Å². The van der Waals surface area contributed by atoms with Crippen LogP contribution in [0.15, 0.2) is 18.2 Å². The fraction of sp³-hybridized carbons (Fsp3) is 0.462. The Labute approximate surface area is 106 Å². The van der Waals surface area contributed by atoms with Crippen molar-refractivity contribution in [1.82, 2.24) is 0 Å². The van der Waals surface area contributed by atoms with Gasteiger partial charge in [0.1, 0.15) is 0 Å². The average molecular weight is 257 g/mol. The predicted octanol–water partition coefficient (Wildman–Crippen LogP) is 3.07. The van der Waals surface area contributed by atoms with Crippen molar-refractivity contribution < 1.29 is 14.6 Å². The quantitative estimate of drug-likeness (QED) is 0.881. The Hall–Kier alpha value is -1.06. The van der Waals surface area contributed by atoms with Crippen molar-refractivity contribution in [2.24, 2.45) is 0 Å². The summed E-state index contributed by atoms with van der Waals surface area (Å²) in [6.45, 7) is 5.56. The summed E-state index contributed by atoms with van der Waals surface area (Å²) in [5.74, 6) is -0.937. The second-order valence-corrected chi connectivity index (χ2v) is 4.72. The molecule has 0 spiro atoms. The summed E-state index contributed by atoms with van der Waals surface area (Å²) in [7, 11) is 0. The van der Waals surface area contributed by atoms with Gasteiger partial charge in [-0.1, -0.05) is 17.7 Å². The van der Waals surface area contributed by atoms with Gasteiger partial charge in [-0.25, -0.2) is 4.79 Å². The van der Waals surface area contributed by atoms with Gasteiger partial charge in [-0.3, -0.25) is 0 Å². The highest BCUT2D eigenvalue weighted by Crippen LogP contribution is 2.18. The zero-order chi connectivity index (χ0) is 13.0. The van der Waals surface area contributed by atoms with Crippen LogP contribution in [0.5, 0.6) is 0 Å². The van der Waals surface area contributed by atoms with E-state index in [1.165, 1.54) is 0 Å². The molecule has 17 heavy (non-hydrogen) atoms. The predicted molar refractivity (Wildman–Crippen MR) is 67.5 cm³/mol. The number of halogens is 1. The van der Waals surface area contributed by atoms with E-state index in [2.05, 4.69) is 0 Å². The van der Waals surface area contributed by atoms with Gasteiger partial charge in [0, 0.05) is 11.4 Å². The molecular weight excluding hydrogens is 240 g/mol. The fourth-order valence-electron chi connectivity index (χ4n) is 1.61. The highest BCUT2D eigenvalue weighted by atomic mass is 35.5. The number of carboxylic acids is 1. The average Bonchev–Trinajstić information content (AvgIpc) is 2.19. The highest BCUT2D eigenvalue weighted by Gasteiger charge is 2.20. The second-order valence-electron chi connectivity index (χ2n) is 4.29. The van der Waals surface area contributed by atoms with Crippen molar-refractivity contribution in [3.8, 4) is 0 Å². The first-order chi connectivity index (χ1) is 7.90. The molecule has 0 heterocycles. The van der Waals surface area contributed by atoms with E-state index in [0.29, 0.717) is 11.4 Å². The molecule has 4 heteroatoms. The molecule has 0 aliphatic rings. The number of rotatable bonds is 5. The fourth-order valence-corrected chi connectivity index (χ4v) is 1.84. The molecule has 3 nitrogen and oxygen atoms in total. The monoisotopic (exact) mass is 256 g/mol. The van der Waals surface area contributed by atoms with E-state index in [9.17, 15) is 4.79 Å². The number of benzene rings is 1. The molecular formula is C13H17ClO3. The Morgan fingerprint density at radius 2 is 2.12 bits per heavy atom. The number of hydrogen-bond donors (Lipinski definition) is 1. The maximum Gasteiger partial charge on any atom is 0.333 e. The summed E-state index contributed by atoms with van der Waals surface area (Å²) in [5, 5.41) is 9.73. The minimum atomic E-state index is -0.937. The number of ether oxygens (including phenoxy) is 1. The van der Waals surface area contributed by atoms with E-state index in [1.807, 2.05) is 32.9 Å². The van der Waals surface area contributed by atoms with Gasteiger partial charge >= 0.3 is 5.97 Å². The van der Waals surface area contributed by atoms with Crippen molar-refractivity contribution >= 4 is 17.6 Å². The van der Waals surface area contributed by atoms with Gasteiger partial charge in [-0.15, -0.1) is 0 Å². The number of carbonyl (C=O) groups is 1. The molecule has 1 atom stereocenters. The molecule has 0 saturated carbocycles. The first kappa shape index (κ1) is 14.0. The molecule has 0 bridgehead atoms. The lowest BCUT2D eigenvalue weighted by Gasteiger charge is -2.17. The Kier molecular flexibility index (Phi) is 4.97. The van der Waals surface area contributed by atoms with Crippen LogP contribution in [0.1, 0.15) is 25.0 Å². The largest absolute Gasteiger partial charge is 0.479 e. The number of hydrogen-bond acceptors (Lipinski definition) is 2. The van der Waals surface area contributed by atoms with E-state index in [0.717, 1.165) is 11.1 Å². The summed E-state index contributed by atoms with van der Waals surface area (Å²) in [4.78, 5) is 11.1. The summed E-state index contributed by atoms with van der Waals surface area (Å²) < 4.78 is 5.37. The van der Waals surface area contributed by atoms with Crippen molar-refractivity contribution in [3.63, 3.8) is 0 Å². The summed E-state index contributed by atoms with van der Waals surface area (Å²) >= 11 is 5.85. The van der Waals surface area contributed by atoms with E-state index in [-0.39, 0.29) is 6.10 Å². The molecule has 1 aromatic carbocycles. The highest BCUT2D eigenvalue weighted by molar-refractivity contribution is 6.30. The van der Waals surface area contributed by atoms with Crippen molar-refractivity contribution in [1.29, 1.82) is 0 Å². The molecule has 1 N–H and O–H groups in total. The first-order valence-electron chi connectivity index (χ1n) is 5.53. The van der Waals surface area contributed by atoms with Gasteiger partial charge in [-0.05, 0) is 44.0 Å². The molecule has 0 aliphatic heterocycles. The Balaban J connectivity index is 2.82. The summed E-state index contributed by atoms with van der Waals surface area (Å²) in [6, 6.07) is 5.43. The van der Waals surface area contributed by atoms with E-state index in [4.69, 9.17) is 21.4 Å². The molecule has 1 rings (SSSR count). The van der Waals surface area contributed by atoms with Gasteiger partial charge in [0.25, 0.3) is 0 Å². The standard InChI is InChI=1S/C13H17ClO3/c1-8(2)17-12(13(15)16)7-10-4-5-11(14)6-9(10)3/h4-6,8,12H,7H2,1-3H3,(H,15,16)/t12-/m0/s1. The Morgan fingerprint density at radius 3 is 2.59 bits per heavy atom. The van der Waals surface area contributed by atoms with Crippen LogP contribution in [-0.2, 0) is 16.0 Å². The van der Waals surface area contributed by atoms with Crippen LogP contribution in [0.25, 0.3) is 0 Å². The van der Waals surface area contributed by atoms with Gasteiger partial charge in [-0.2, -0.15) is 0 Å². The lowest BCUT2D eigenvalue weighted by molar-refractivity contribution is -0.153. The SMILES string of the molecule is Cc1cc(Cl)ccc1C[C@H](OC(C)C)C(=O)O. The minimum Gasteiger partial charge on any atom is -0.479 e. The lowest BCUT2D eigenvalue weighted by atomic mass is 10.0. The molecule has 0 fully saturated rings. The smallest absolute Gasteiger partial charge is 0.333 e. The van der Waals surface area contributed by atoms with Gasteiger partial charge in [0.2, 0.25) is 0 Å². The normalized spacial score (nSPS) is 12.8. The molecule has 1 aromatic rings. The van der Waals surface area contributed by atoms with Crippen molar-refractivity contribution in [3.05, 3.63) is 34.3 Å². The van der Waals surface area contributed by atoms with Crippen LogP contribution in [-0.4, -0.2) is 23.3 Å². The van der Waals surface area contributed by atoms with Gasteiger partial charge < -0.3 is 9.84 Å². The zero-order valence-corrected chi connectivity index (χ0v) is 11.0. The molecule has 0 amide bonds.